The zero-order valence-electron chi connectivity index (χ0n) is 21.0. The van der Waals surface area contributed by atoms with Crippen LogP contribution in [0.5, 0.6) is 5.75 Å². The van der Waals surface area contributed by atoms with Gasteiger partial charge in [0, 0.05) is 5.56 Å². The second-order valence-electron chi connectivity index (χ2n) is 9.02. The maximum Gasteiger partial charge on any atom is 0.270 e. The number of benzene rings is 4. The van der Waals surface area contributed by atoms with Gasteiger partial charge in [-0.1, -0.05) is 78.4 Å². The third-order valence-corrected chi connectivity index (χ3v) is 6.40. The summed E-state index contributed by atoms with van der Waals surface area (Å²) >= 11 is 0. The van der Waals surface area contributed by atoms with Crippen molar-refractivity contribution >= 4 is 5.91 Å². The Morgan fingerprint density at radius 2 is 1.51 bits per heavy atom. The van der Waals surface area contributed by atoms with E-state index in [4.69, 9.17) is 9.84 Å². The summed E-state index contributed by atoms with van der Waals surface area (Å²) in [5.41, 5.74) is 6.28. The molecule has 184 valence electrons. The van der Waals surface area contributed by atoms with Crippen LogP contribution in [0.4, 0.5) is 0 Å². The van der Waals surface area contributed by atoms with E-state index in [-0.39, 0.29) is 11.9 Å². The number of hydrogen-bond donors (Lipinski definition) is 1. The van der Waals surface area contributed by atoms with E-state index in [2.05, 4.69) is 17.4 Å². The molecule has 0 aliphatic carbocycles. The van der Waals surface area contributed by atoms with Crippen molar-refractivity contribution in [3.63, 3.8) is 0 Å². The fourth-order valence-corrected chi connectivity index (χ4v) is 4.35. The predicted octanol–water partition coefficient (Wildman–Crippen LogP) is 6.57. The fourth-order valence-electron chi connectivity index (χ4n) is 4.35. The van der Waals surface area contributed by atoms with Gasteiger partial charge in [0.1, 0.15) is 11.4 Å². The second-order valence-corrected chi connectivity index (χ2v) is 9.02. The molecule has 0 aliphatic rings. The smallest absolute Gasteiger partial charge is 0.270 e. The summed E-state index contributed by atoms with van der Waals surface area (Å²) in [4.78, 5) is 13.8. The molecule has 0 saturated carbocycles. The lowest BCUT2D eigenvalue weighted by Gasteiger charge is -2.20. The lowest BCUT2D eigenvalue weighted by atomic mass is 9.98. The van der Waals surface area contributed by atoms with Gasteiger partial charge < -0.3 is 10.1 Å². The van der Waals surface area contributed by atoms with Crippen molar-refractivity contribution in [2.45, 2.75) is 19.4 Å². The van der Waals surface area contributed by atoms with Crippen molar-refractivity contribution in [2.75, 3.05) is 7.11 Å². The van der Waals surface area contributed by atoms with Crippen LogP contribution in [0, 0.1) is 6.92 Å². The zero-order chi connectivity index (χ0) is 25.6. The average molecular weight is 488 g/mol. The second kappa shape index (κ2) is 11.0. The van der Waals surface area contributed by atoms with E-state index >= 15 is 0 Å². The third-order valence-electron chi connectivity index (χ3n) is 6.40. The van der Waals surface area contributed by atoms with Gasteiger partial charge in [-0.2, -0.15) is 5.10 Å². The Balaban J connectivity index is 1.52. The van der Waals surface area contributed by atoms with Crippen molar-refractivity contribution in [3.8, 4) is 22.7 Å². The van der Waals surface area contributed by atoms with E-state index in [0.717, 1.165) is 33.7 Å². The van der Waals surface area contributed by atoms with Gasteiger partial charge >= 0.3 is 0 Å². The Morgan fingerprint density at radius 1 is 0.865 bits per heavy atom. The van der Waals surface area contributed by atoms with E-state index in [0.29, 0.717) is 17.8 Å². The molecular formula is C32H29N3O2. The number of carbonyl (C=O) groups is 1. The summed E-state index contributed by atoms with van der Waals surface area (Å²) in [5, 5.41) is 8.12. The number of carbonyl (C=O) groups excluding carboxylic acids is 1. The van der Waals surface area contributed by atoms with Gasteiger partial charge in [0.2, 0.25) is 0 Å². The molecule has 0 fully saturated rings. The third kappa shape index (κ3) is 5.62. The zero-order valence-corrected chi connectivity index (χ0v) is 21.0. The van der Waals surface area contributed by atoms with Gasteiger partial charge in [0.25, 0.3) is 5.91 Å². The number of methoxy groups -OCH3 is 1. The van der Waals surface area contributed by atoms with Crippen LogP contribution < -0.4 is 10.1 Å². The van der Waals surface area contributed by atoms with Gasteiger partial charge in [-0.15, -0.1) is 0 Å². The van der Waals surface area contributed by atoms with E-state index in [9.17, 15) is 4.79 Å². The van der Waals surface area contributed by atoms with Gasteiger partial charge in [-0.25, -0.2) is 4.68 Å². The molecule has 0 radical (unpaired) electrons. The van der Waals surface area contributed by atoms with Gasteiger partial charge in [-0.05, 0) is 66.9 Å². The van der Waals surface area contributed by atoms with Crippen LogP contribution in [-0.2, 0) is 6.42 Å². The minimum Gasteiger partial charge on any atom is -0.497 e. The Morgan fingerprint density at radius 3 is 2.16 bits per heavy atom. The predicted molar refractivity (Wildman–Crippen MR) is 147 cm³/mol. The Bertz CT molecular complexity index is 1460. The molecule has 5 nitrogen and oxygen atoms in total. The minimum atomic E-state index is -0.193. The molecule has 0 saturated heterocycles. The van der Waals surface area contributed by atoms with Gasteiger partial charge in [-0.3, -0.25) is 4.79 Å². The molecule has 0 bridgehead atoms. The SMILES string of the molecule is COc1ccc(-c2cc(C(=O)NC(Cc3ccccc3)c3ccccc3)n(-c3ccc(C)cc3)n2)cc1. The summed E-state index contributed by atoms with van der Waals surface area (Å²) in [5.74, 6) is 0.587. The number of ether oxygens (including phenoxy) is 1. The van der Waals surface area contributed by atoms with E-state index in [1.54, 1.807) is 11.8 Å². The lowest BCUT2D eigenvalue weighted by molar-refractivity contribution is 0.0928. The van der Waals surface area contributed by atoms with E-state index < -0.39 is 0 Å². The number of amides is 1. The van der Waals surface area contributed by atoms with Crippen LogP contribution in [-0.4, -0.2) is 22.8 Å². The van der Waals surface area contributed by atoms with Gasteiger partial charge in [0.15, 0.2) is 0 Å². The molecule has 37 heavy (non-hydrogen) atoms. The largest absolute Gasteiger partial charge is 0.497 e. The molecule has 1 aromatic heterocycles. The van der Waals surface area contributed by atoms with Crippen molar-refractivity contribution in [1.29, 1.82) is 0 Å². The summed E-state index contributed by atoms with van der Waals surface area (Å²) in [6, 6.07) is 37.6. The molecule has 0 aliphatic heterocycles. The maximum absolute atomic E-state index is 13.8. The highest BCUT2D eigenvalue weighted by atomic mass is 16.5. The molecule has 5 aromatic rings. The number of aromatic nitrogens is 2. The van der Waals surface area contributed by atoms with E-state index in [1.807, 2.05) is 110 Å². The highest BCUT2D eigenvalue weighted by Gasteiger charge is 2.22. The maximum atomic E-state index is 13.8. The Hall–Kier alpha value is -4.64. The number of rotatable bonds is 8. The molecule has 1 atom stereocenters. The molecule has 5 heteroatoms. The Labute approximate surface area is 217 Å². The monoisotopic (exact) mass is 487 g/mol. The number of aryl methyl sites for hydroxylation is 1. The highest BCUT2D eigenvalue weighted by molar-refractivity contribution is 5.94. The molecule has 1 unspecified atom stereocenters. The quantitative estimate of drug-likeness (QED) is 0.269. The first-order chi connectivity index (χ1) is 18.1. The molecule has 1 N–H and O–H groups in total. The summed E-state index contributed by atoms with van der Waals surface area (Å²) in [6.45, 7) is 2.04. The van der Waals surface area contributed by atoms with E-state index in [1.165, 1.54) is 0 Å². The summed E-state index contributed by atoms with van der Waals surface area (Å²) < 4.78 is 7.02. The molecular weight excluding hydrogens is 458 g/mol. The molecule has 1 amide bonds. The number of nitrogens with one attached hydrogen (secondary N) is 1. The molecule has 1 heterocycles. The van der Waals surface area contributed by atoms with Crippen molar-refractivity contribution in [1.82, 2.24) is 15.1 Å². The summed E-state index contributed by atoms with van der Waals surface area (Å²) in [7, 11) is 1.64. The van der Waals surface area contributed by atoms with Crippen LogP contribution in [0.25, 0.3) is 16.9 Å². The van der Waals surface area contributed by atoms with Crippen LogP contribution in [0.3, 0.4) is 0 Å². The van der Waals surface area contributed by atoms with Crippen LogP contribution in [0.2, 0.25) is 0 Å². The van der Waals surface area contributed by atoms with Gasteiger partial charge in [0.05, 0.1) is 24.5 Å². The van der Waals surface area contributed by atoms with Crippen LogP contribution in [0.15, 0.2) is 115 Å². The van der Waals surface area contributed by atoms with Crippen molar-refractivity contribution in [2.24, 2.45) is 0 Å². The molecule has 5 rings (SSSR count). The standard InChI is InChI=1S/C32H29N3O2/c1-23-13-17-27(18-14-23)35-31(22-30(34-35)26-15-19-28(37-2)20-16-26)32(36)33-29(25-11-7-4-8-12-25)21-24-9-5-3-6-10-24/h3-20,22,29H,21H2,1-2H3,(H,33,36). The van der Waals surface area contributed by atoms with Crippen LogP contribution in [0.1, 0.15) is 33.2 Å². The minimum absolute atomic E-state index is 0.183. The first-order valence-corrected chi connectivity index (χ1v) is 12.3. The first kappa shape index (κ1) is 24.1. The summed E-state index contributed by atoms with van der Waals surface area (Å²) in [6.07, 6.45) is 0.681. The topological polar surface area (TPSA) is 56.1 Å². The fraction of sp³-hybridized carbons (Fsp3) is 0.125. The van der Waals surface area contributed by atoms with Crippen molar-refractivity contribution < 1.29 is 9.53 Å². The lowest BCUT2D eigenvalue weighted by Crippen LogP contribution is -2.31. The van der Waals surface area contributed by atoms with Crippen LogP contribution >= 0.6 is 0 Å². The molecule has 4 aromatic carbocycles. The number of nitrogens with zero attached hydrogens (tertiary/aromatic N) is 2. The van der Waals surface area contributed by atoms with Crippen molar-refractivity contribution in [3.05, 3.63) is 138 Å². The number of hydrogen-bond acceptors (Lipinski definition) is 3. The molecule has 0 spiro atoms. The first-order valence-electron chi connectivity index (χ1n) is 12.3. The average Bonchev–Trinajstić information content (AvgIpc) is 3.40. The Kier molecular flexibility index (Phi) is 7.13. The normalized spacial score (nSPS) is 11.6. The highest BCUT2D eigenvalue weighted by Crippen LogP contribution is 2.26.